The molecule has 0 bridgehead atoms. The van der Waals surface area contributed by atoms with Gasteiger partial charge >= 0.3 is 0 Å². The van der Waals surface area contributed by atoms with E-state index in [0.29, 0.717) is 21.8 Å². The Bertz CT molecular complexity index is 996. The van der Waals surface area contributed by atoms with Gasteiger partial charge in [-0.2, -0.15) is 0 Å². The van der Waals surface area contributed by atoms with Crippen LogP contribution in [0.4, 0.5) is 0 Å². The van der Waals surface area contributed by atoms with Gasteiger partial charge in [-0.05, 0) is 19.1 Å². The Balaban J connectivity index is 1.92. The molecule has 0 atom stereocenters. The van der Waals surface area contributed by atoms with Crippen LogP contribution in [0.1, 0.15) is 5.56 Å². The van der Waals surface area contributed by atoms with Crippen molar-refractivity contribution in [3.8, 4) is 22.7 Å². The number of benzene rings is 1. The van der Waals surface area contributed by atoms with E-state index in [1.54, 1.807) is 12.3 Å². The van der Waals surface area contributed by atoms with E-state index >= 15 is 0 Å². The number of rotatable bonds is 2. The molecule has 0 aliphatic carbocycles. The maximum atomic E-state index is 12.5. The van der Waals surface area contributed by atoms with Gasteiger partial charge in [-0.25, -0.2) is 4.98 Å². The van der Waals surface area contributed by atoms with E-state index < -0.39 is 0 Å². The SMILES string of the molecule is Cc1ccc(-c2nc3scc(-c4ccco4)c3c(=O)[nH]2)cc1. The minimum absolute atomic E-state index is 0.145. The summed E-state index contributed by atoms with van der Waals surface area (Å²) in [6.45, 7) is 2.03. The zero-order valence-corrected chi connectivity index (χ0v) is 12.6. The Labute approximate surface area is 130 Å². The minimum Gasteiger partial charge on any atom is -0.464 e. The van der Waals surface area contributed by atoms with Crippen LogP contribution in [0.3, 0.4) is 0 Å². The van der Waals surface area contributed by atoms with Crippen molar-refractivity contribution in [2.45, 2.75) is 6.92 Å². The normalized spacial score (nSPS) is 11.1. The number of aryl methyl sites for hydroxylation is 1. The van der Waals surface area contributed by atoms with Gasteiger partial charge in [0.1, 0.15) is 16.4 Å². The van der Waals surface area contributed by atoms with Crippen LogP contribution >= 0.6 is 11.3 Å². The van der Waals surface area contributed by atoms with E-state index in [1.165, 1.54) is 16.9 Å². The summed E-state index contributed by atoms with van der Waals surface area (Å²) in [5, 5.41) is 2.49. The van der Waals surface area contributed by atoms with Crippen LogP contribution in [-0.2, 0) is 0 Å². The summed E-state index contributed by atoms with van der Waals surface area (Å²) in [7, 11) is 0. The number of aromatic nitrogens is 2. The van der Waals surface area contributed by atoms with Crippen molar-refractivity contribution in [1.82, 2.24) is 9.97 Å². The lowest BCUT2D eigenvalue weighted by Gasteiger charge is -2.02. The van der Waals surface area contributed by atoms with Crippen molar-refractivity contribution in [2.24, 2.45) is 0 Å². The van der Waals surface area contributed by atoms with E-state index in [0.717, 1.165) is 11.1 Å². The maximum Gasteiger partial charge on any atom is 0.260 e. The highest BCUT2D eigenvalue weighted by atomic mass is 32.1. The molecule has 22 heavy (non-hydrogen) atoms. The first-order chi connectivity index (χ1) is 10.7. The molecule has 0 fully saturated rings. The number of fused-ring (bicyclic) bond motifs is 1. The van der Waals surface area contributed by atoms with Crippen LogP contribution in [0.2, 0.25) is 0 Å². The van der Waals surface area contributed by atoms with Crippen molar-refractivity contribution in [2.75, 3.05) is 0 Å². The number of furan rings is 1. The second kappa shape index (κ2) is 4.96. The topological polar surface area (TPSA) is 58.9 Å². The third-order valence-corrected chi connectivity index (χ3v) is 4.43. The van der Waals surface area contributed by atoms with E-state index in [2.05, 4.69) is 9.97 Å². The first-order valence-corrected chi connectivity index (χ1v) is 7.73. The molecule has 1 N–H and O–H groups in total. The number of nitrogens with one attached hydrogen (secondary N) is 1. The van der Waals surface area contributed by atoms with Crippen LogP contribution in [0.15, 0.2) is 57.3 Å². The molecule has 108 valence electrons. The Morgan fingerprint density at radius 2 is 2.00 bits per heavy atom. The molecule has 1 aromatic carbocycles. The lowest BCUT2D eigenvalue weighted by atomic mass is 10.1. The zero-order chi connectivity index (χ0) is 15.1. The highest BCUT2D eigenvalue weighted by Crippen LogP contribution is 2.31. The summed E-state index contributed by atoms with van der Waals surface area (Å²) < 4.78 is 5.40. The molecule has 4 aromatic rings. The number of thiophene rings is 1. The third kappa shape index (κ3) is 2.07. The van der Waals surface area contributed by atoms with Gasteiger partial charge < -0.3 is 9.40 Å². The quantitative estimate of drug-likeness (QED) is 0.603. The summed E-state index contributed by atoms with van der Waals surface area (Å²) in [6.07, 6.45) is 1.60. The van der Waals surface area contributed by atoms with Crippen molar-refractivity contribution in [3.63, 3.8) is 0 Å². The van der Waals surface area contributed by atoms with Crippen LogP contribution < -0.4 is 5.56 Å². The van der Waals surface area contributed by atoms with E-state index in [9.17, 15) is 4.79 Å². The van der Waals surface area contributed by atoms with Gasteiger partial charge in [-0.15, -0.1) is 11.3 Å². The molecule has 0 unspecified atom stereocenters. The molecular formula is C17H12N2O2S. The molecule has 0 saturated heterocycles. The van der Waals surface area contributed by atoms with Gasteiger partial charge in [0, 0.05) is 16.5 Å². The fraction of sp³-hybridized carbons (Fsp3) is 0.0588. The predicted octanol–water partition coefficient (Wildman–Crippen LogP) is 4.22. The Hall–Kier alpha value is -2.66. The predicted molar refractivity (Wildman–Crippen MR) is 88.1 cm³/mol. The van der Waals surface area contributed by atoms with Gasteiger partial charge in [-0.1, -0.05) is 29.8 Å². The van der Waals surface area contributed by atoms with Gasteiger partial charge in [0.2, 0.25) is 0 Å². The standard InChI is InChI=1S/C17H12N2O2S/c1-10-4-6-11(7-5-10)15-18-16(20)14-12(9-22-17(14)19-15)13-3-2-8-21-13/h2-9H,1H3,(H,18,19,20). The second-order valence-corrected chi connectivity index (χ2v) is 5.95. The smallest absolute Gasteiger partial charge is 0.260 e. The van der Waals surface area contributed by atoms with E-state index in [-0.39, 0.29) is 5.56 Å². The molecule has 0 radical (unpaired) electrons. The zero-order valence-electron chi connectivity index (χ0n) is 11.8. The lowest BCUT2D eigenvalue weighted by Crippen LogP contribution is -2.08. The highest BCUT2D eigenvalue weighted by molar-refractivity contribution is 7.17. The van der Waals surface area contributed by atoms with Crippen molar-refractivity contribution in [1.29, 1.82) is 0 Å². The van der Waals surface area contributed by atoms with Gasteiger partial charge in [0.15, 0.2) is 0 Å². The summed E-state index contributed by atoms with van der Waals surface area (Å²) in [5.41, 5.74) is 2.71. The summed E-state index contributed by atoms with van der Waals surface area (Å²) in [5.74, 6) is 1.27. The first-order valence-electron chi connectivity index (χ1n) is 6.85. The van der Waals surface area contributed by atoms with Crippen LogP contribution in [0.25, 0.3) is 32.9 Å². The average Bonchev–Trinajstić information content (AvgIpc) is 3.16. The molecule has 0 aliphatic heterocycles. The van der Waals surface area contributed by atoms with Crippen LogP contribution in [0.5, 0.6) is 0 Å². The molecule has 0 spiro atoms. The van der Waals surface area contributed by atoms with Crippen LogP contribution in [-0.4, -0.2) is 9.97 Å². The summed E-state index contributed by atoms with van der Waals surface area (Å²) >= 11 is 1.45. The molecule has 4 nitrogen and oxygen atoms in total. The number of aromatic amines is 1. The van der Waals surface area contributed by atoms with Crippen molar-refractivity contribution >= 4 is 21.6 Å². The Kier molecular flexibility index (Phi) is 2.94. The van der Waals surface area contributed by atoms with E-state index in [4.69, 9.17) is 4.42 Å². The summed E-state index contributed by atoms with van der Waals surface area (Å²) in [6, 6.07) is 11.6. The molecule has 5 heteroatoms. The number of nitrogens with zero attached hydrogens (tertiary/aromatic N) is 1. The fourth-order valence-corrected chi connectivity index (χ4v) is 3.34. The second-order valence-electron chi connectivity index (χ2n) is 5.09. The summed E-state index contributed by atoms with van der Waals surface area (Å²) in [4.78, 5) is 20.7. The van der Waals surface area contributed by atoms with E-state index in [1.807, 2.05) is 42.6 Å². The molecule has 0 amide bonds. The van der Waals surface area contributed by atoms with Gasteiger partial charge in [0.25, 0.3) is 5.56 Å². The largest absolute Gasteiger partial charge is 0.464 e. The Morgan fingerprint density at radius 1 is 1.18 bits per heavy atom. The number of hydrogen-bond acceptors (Lipinski definition) is 4. The minimum atomic E-state index is -0.145. The third-order valence-electron chi connectivity index (χ3n) is 3.56. The van der Waals surface area contributed by atoms with Gasteiger partial charge in [-0.3, -0.25) is 4.79 Å². The van der Waals surface area contributed by atoms with Crippen LogP contribution in [0, 0.1) is 6.92 Å². The monoisotopic (exact) mass is 308 g/mol. The molecule has 4 rings (SSSR count). The van der Waals surface area contributed by atoms with Crippen molar-refractivity contribution in [3.05, 3.63) is 64.0 Å². The maximum absolute atomic E-state index is 12.5. The molecule has 3 aromatic heterocycles. The number of hydrogen-bond donors (Lipinski definition) is 1. The van der Waals surface area contributed by atoms with Crippen molar-refractivity contribution < 1.29 is 4.42 Å². The Morgan fingerprint density at radius 3 is 2.73 bits per heavy atom. The fourth-order valence-electron chi connectivity index (χ4n) is 2.41. The highest BCUT2D eigenvalue weighted by Gasteiger charge is 2.15. The molecular weight excluding hydrogens is 296 g/mol. The molecule has 0 saturated carbocycles. The number of H-pyrrole nitrogens is 1. The molecule has 0 aliphatic rings. The first kappa shape index (κ1) is 13.0. The lowest BCUT2D eigenvalue weighted by molar-refractivity contribution is 0.583. The molecule has 3 heterocycles. The average molecular weight is 308 g/mol. The van der Waals surface area contributed by atoms with Gasteiger partial charge in [0.05, 0.1) is 11.6 Å².